The van der Waals surface area contributed by atoms with Gasteiger partial charge in [-0.3, -0.25) is 0 Å². The average Bonchev–Trinajstić information content (AvgIpc) is 2.64. The fraction of sp³-hybridized carbons (Fsp3) is 0.455. The number of rotatable bonds is 10. The number of aryl methyl sites for hydroxylation is 1. The van der Waals surface area contributed by atoms with Crippen LogP contribution in [0, 0.1) is 12.8 Å². The SMILES string of the molecule is CCCCCCC(C)C(NS(=O)(=O)c1ccc(C)cc1)c1ccccc1. The van der Waals surface area contributed by atoms with Crippen LogP contribution in [-0.2, 0) is 10.0 Å². The summed E-state index contributed by atoms with van der Waals surface area (Å²) in [4.78, 5) is 0.321. The first-order chi connectivity index (χ1) is 12.4. The summed E-state index contributed by atoms with van der Waals surface area (Å²) in [5.41, 5.74) is 2.07. The number of unbranched alkanes of at least 4 members (excludes halogenated alkanes) is 3. The van der Waals surface area contributed by atoms with Crippen molar-refractivity contribution in [3.63, 3.8) is 0 Å². The van der Waals surface area contributed by atoms with E-state index in [1.807, 2.05) is 49.4 Å². The van der Waals surface area contributed by atoms with Gasteiger partial charge in [0.2, 0.25) is 10.0 Å². The second-order valence-electron chi connectivity index (χ2n) is 7.15. The van der Waals surface area contributed by atoms with Gasteiger partial charge in [-0.1, -0.05) is 87.6 Å². The topological polar surface area (TPSA) is 46.2 Å². The van der Waals surface area contributed by atoms with Crippen molar-refractivity contribution in [1.82, 2.24) is 4.72 Å². The minimum absolute atomic E-state index is 0.218. The van der Waals surface area contributed by atoms with Gasteiger partial charge in [0, 0.05) is 6.04 Å². The van der Waals surface area contributed by atoms with Crippen molar-refractivity contribution >= 4 is 10.0 Å². The molecule has 1 N–H and O–H groups in total. The van der Waals surface area contributed by atoms with Crippen LogP contribution in [0.5, 0.6) is 0 Å². The Kier molecular flexibility index (Phi) is 7.85. The van der Waals surface area contributed by atoms with E-state index < -0.39 is 10.0 Å². The molecule has 0 aromatic heterocycles. The zero-order valence-corrected chi connectivity index (χ0v) is 16.9. The molecule has 2 aromatic rings. The van der Waals surface area contributed by atoms with Crippen LogP contribution in [0.3, 0.4) is 0 Å². The maximum Gasteiger partial charge on any atom is 0.241 e. The average molecular weight is 374 g/mol. The monoisotopic (exact) mass is 373 g/mol. The fourth-order valence-electron chi connectivity index (χ4n) is 3.19. The third kappa shape index (κ3) is 5.96. The van der Waals surface area contributed by atoms with Crippen molar-refractivity contribution < 1.29 is 8.42 Å². The maximum atomic E-state index is 12.9. The lowest BCUT2D eigenvalue weighted by atomic mass is 9.91. The van der Waals surface area contributed by atoms with Crippen molar-refractivity contribution in [3.8, 4) is 0 Å². The van der Waals surface area contributed by atoms with Gasteiger partial charge in [-0.15, -0.1) is 0 Å². The zero-order valence-electron chi connectivity index (χ0n) is 16.1. The summed E-state index contributed by atoms with van der Waals surface area (Å²) in [5, 5.41) is 0. The zero-order chi connectivity index (χ0) is 19.0. The number of hydrogen-bond donors (Lipinski definition) is 1. The Hall–Kier alpha value is -1.65. The summed E-state index contributed by atoms with van der Waals surface area (Å²) in [7, 11) is -3.55. The molecule has 0 saturated heterocycles. The molecule has 4 heteroatoms. The molecule has 0 aliphatic heterocycles. The van der Waals surface area contributed by atoms with Crippen molar-refractivity contribution in [2.45, 2.75) is 63.8 Å². The Bertz CT molecular complexity index is 754. The Morgan fingerprint density at radius 2 is 1.58 bits per heavy atom. The summed E-state index contributed by atoms with van der Waals surface area (Å²) < 4.78 is 28.8. The summed E-state index contributed by atoms with van der Waals surface area (Å²) in [6.07, 6.45) is 5.78. The van der Waals surface area contributed by atoms with E-state index in [-0.39, 0.29) is 12.0 Å². The highest BCUT2D eigenvalue weighted by Crippen LogP contribution is 2.28. The number of hydrogen-bond acceptors (Lipinski definition) is 2. The Balaban J connectivity index is 2.19. The van der Waals surface area contributed by atoms with Crippen molar-refractivity contribution in [2.24, 2.45) is 5.92 Å². The smallest absolute Gasteiger partial charge is 0.207 e. The Morgan fingerprint density at radius 3 is 2.19 bits per heavy atom. The molecule has 2 unspecified atom stereocenters. The predicted molar refractivity (Wildman–Crippen MR) is 109 cm³/mol. The molecule has 0 amide bonds. The molecule has 0 aliphatic rings. The van der Waals surface area contributed by atoms with E-state index in [9.17, 15) is 8.42 Å². The second-order valence-corrected chi connectivity index (χ2v) is 8.86. The van der Waals surface area contributed by atoms with Crippen LogP contribution in [0.25, 0.3) is 0 Å². The summed E-state index contributed by atoms with van der Waals surface area (Å²) in [6.45, 7) is 6.29. The quantitative estimate of drug-likeness (QED) is 0.549. The molecule has 0 spiro atoms. The van der Waals surface area contributed by atoms with Crippen molar-refractivity contribution in [2.75, 3.05) is 0 Å². The van der Waals surface area contributed by atoms with Crippen LogP contribution in [-0.4, -0.2) is 8.42 Å². The van der Waals surface area contributed by atoms with Crippen LogP contribution in [0.2, 0.25) is 0 Å². The van der Waals surface area contributed by atoms with Gasteiger partial charge in [0.1, 0.15) is 0 Å². The van der Waals surface area contributed by atoms with Gasteiger partial charge >= 0.3 is 0 Å². The van der Waals surface area contributed by atoms with E-state index in [2.05, 4.69) is 18.6 Å². The first kappa shape index (κ1) is 20.7. The van der Waals surface area contributed by atoms with E-state index in [0.717, 1.165) is 24.0 Å². The normalized spacial score (nSPS) is 14.1. The third-order valence-electron chi connectivity index (χ3n) is 4.85. The maximum absolute atomic E-state index is 12.9. The highest BCUT2D eigenvalue weighted by atomic mass is 32.2. The first-order valence-corrected chi connectivity index (χ1v) is 11.1. The molecule has 2 atom stereocenters. The third-order valence-corrected chi connectivity index (χ3v) is 6.31. The van der Waals surface area contributed by atoms with Crippen LogP contribution in [0.1, 0.15) is 63.1 Å². The number of sulfonamides is 1. The lowest BCUT2D eigenvalue weighted by molar-refractivity contribution is 0.389. The van der Waals surface area contributed by atoms with Crippen molar-refractivity contribution in [1.29, 1.82) is 0 Å². The van der Waals surface area contributed by atoms with Crippen LogP contribution in [0.4, 0.5) is 0 Å². The molecule has 2 aromatic carbocycles. The fourth-order valence-corrected chi connectivity index (χ4v) is 4.52. The molecule has 0 bridgehead atoms. The van der Waals surface area contributed by atoms with Gasteiger partial charge in [0.25, 0.3) is 0 Å². The second kappa shape index (κ2) is 9.89. The highest BCUT2D eigenvalue weighted by Gasteiger charge is 2.25. The molecule has 0 aliphatic carbocycles. The molecule has 2 rings (SSSR count). The molecule has 26 heavy (non-hydrogen) atoms. The Labute approximate surface area is 158 Å². The van der Waals surface area contributed by atoms with Crippen molar-refractivity contribution in [3.05, 3.63) is 65.7 Å². The van der Waals surface area contributed by atoms with E-state index >= 15 is 0 Å². The highest BCUT2D eigenvalue weighted by molar-refractivity contribution is 7.89. The molecular weight excluding hydrogens is 342 g/mol. The molecule has 142 valence electrons. The largest absolute Gasteiger partial charge is 0.241 e. The van der Waals surface area contributed by atoms with Gasteiger partial charge in [-0.25, -0.2) is 13.1 Å². The van der Waals surface area contributed by atoms with E-state index in [1.165, 1.54) is 19.3 Å². The molecule has 0 radical (unpaired) electrons. The molecule has 0 saturated carbocycles. The number of nitrogens with one attached hydrogen (secondary N) is 1. The Morgan fingerprint density at radius 1 is 0.923 bits per heavy atom. The first-order valence-electron chi connectivity index (χ1n) is 9.58. The van der Waals surface area contributed by atoms with Gasteiger partial charge in [-0.05, 0) is 37.0 Å². The lowest BCUT2D eigenvalue weighted by Crippen LogP contribution is -2.32. The van der Waals surface area contributed by atoms with Crippen LogP contribution in [0.15, 0.2) is 59.5 Å². The van der Waals surface area contributed by atoms with E-state index in [0.29, 0.717) is 4.90 Å². The minimum Gasteiger partial charge on any atom is -0.207 e. The molecule has 0 fully saturated rings. The van der Waals surface area contributed by atoms with Gasteiger partial charge in [0.15, 0.2) is 0 Å². The molecule has 0 heterocycles. The summed E-state index contributed by atoms with van der Waals surface area (Å²) in [6, 6.07) is 16.7. The van der Waals surface area contributed by atoms with E-state index in [1.54, 1.807) is 12.1 Å². The lowest BCUT2D eigenvalue weighted by Gasteiger charge is -2.26. The number of benzene rings is 2. The minimum atomic E-state index is -3.55. The molecule has 3 nitrogen and oxygen atoms in total. The van der Waals surface area contributed by atoms with Gasteiger partial charge in [0.05, 0.1) is 4.90 Å². The molecular formula is C22H31NO2S. The van der Waals surface area contributed by atoms with Gasteiger partial charge in [-0.2, -0.15) is 0 Å². The predicted octanol–water partition coefficient (Wildman–Crippen LogP) is 5.62. The summed E-state index contributed by atoms with van der Waals surface area (Å²) >= 11 is 0. The van der Waals surface area contributed by atoms with Gasteiger partial charge < -0.3 is 0 Å². The summed E-state index contributed by atoms with van der Waals surface area (Å²) in [5.74, 6) is 0.231. The van der Waals surface area contributed by atoms with Crippen LogP contribution >= 0.6 is 0 Å². The van der Waals surface area contributed by atoms with E-state index in [4.69, 9.17) is 0 Å². The standard InChI is InChI=1S/C22H31NO2S/c1-4-5-6-8-11-19(3)22(20-12-9-7-10-13-20)23-26(24,25)21-16-14-18(2)15-17-21/h7,9-10,12-17,19,22-23H,4-6,8,11H2,1-3H3. The van der Waals surface area contributed by atoms with Crippen LogP contribution < -0.4 is 4.72 Å².